The van der Waals surface area contributed by atoms with E-state index >= 15 is 0 Å². The maximum Gasteiger partial charge on any atom is 0.350 e. The number of hydrogen-bond donors (Lipinski definition) is 3. The van der Waals surface area contributed by atoms with Crippen molar-refractivity contribution in [1.29, 1.82) is 5.41 Å². The first kappa shape index (κ1) is 50.3. The Morgan fingerprint density at radius 1 is 1.05 bits per heavy atom. The smallest absolute Gasteiger partial charge is 0.350 e. The number of nitrogens with zero attached hydrogens (tertiary/aromatic N) is 6. The van der Waals surface area contributed by atoms with E-state index in [-0.39, 0.29) is 24.4 Å². The van der Waals surface area contributed by atoms with E-state index in [2.05, 4.69) is 58.0 Å². The lowest BCUT2D eigenvalue weighted by molar-refractivity contribution is -0.0652. The standard InChI is InChI=1S/C22H27N5O2.C15H19F2N3O.C4H6.C2H6.C2H4/c1-2-12-27-22(29)26(17-23-27)20-8-6-19(7-9-20)25-15-13-24(14-16-25)18-4-3-5-21(28)11-10-18;1-3-5-8-21-15(4-2,10-20(19)11-18)13-7-6-12(16)9-14(13)17;1-3-4-2;2*1-2/h3-11,17,21,28H,2,12-16H2,1H3;1,6-7,9,11,18H,4-5,8,10,19H2,2H3;1-2H3;1-2H3;1-2H2. The summed E-state index contributed by atoms with van der Waals surface area (Å²) in [5, 5.41) is 22.1. The van der Waals surface area contributed by atoms with Gasteiger partial charge in [0.25, 0.3) is 0 Å². The number of allylic oxidation sites excluding steroid dienone is 3. The van der Waals surface area contributed by atoms with Crippen LogP contribution in [0, 0.1) is 41.2 Å². The van der Waals surface area contributed by atoms with Gasteiger partial charge in [-0.1, -0.05) is 52.0 Å². The van der Waals surface area contributed by atoms with Crippen molar-refractivity contribution in [3.63, 3.8) is 0 Å². The third kappa shape index (κ3) is 15.3. The van der Waals surface area contributed by atoms with Gasteiger partial charge in [-0.15, -0.1) is 37.3 Å². The van der Waals surface area contributed by atoms with Gasteiger partial charge in [0, 0.05) is 62.2 Å². The SMILES string of the molecule is C#CCCOC(CC)(CN(N)C=N)c1ccc(F)cc1F.C=C.CC.CC#CC.CCCn1ncn(-c2ccc(N3CCN(C4=CC=CC(O)C=C4)CC3)cc2)c1=O. The fourth-order valence-corrected chi connectivity index (χ4v) is 5.84. The fraction of sp³-hybridized carbons (Fsp3) is 0.400. The Morgan fingerprint density at radius 2 is 1.67 bits per heavy atom. The van der Waals surface area contributed by atoms with Crippen molar-refractivity contribution in [2.45, 2.75) is 79.1 Å². The van der Waals surface area contributed by atoms with Crippen molar-refractivity contribution >= 4 is 12.0 Å². The molecule has 2 atom stereocenters. The Kier molecular flexibility index (Phi) is 24.1. The van der Waals surface area contributed by atoms with Crippen LogP contribution >= 0.6 is 0 Å². The van der Waals surface area contributed by atoms with Crippen LogP contribution in [0.4, 0.5) is 14.5 Å². The molecule has 1 saturated heterocycles. The lowest BCUT2D eigenvalue weighted by Crippen LogP contribution is -2.46. The van der Waals surface area contributed by atoms with E-state index in [9.17, 15) is 18.7 Å². The quantitative estimate of drug-likeness (QED) is 0.0316. The van der Waals surface area contributed by atoms with Crippen molar-refractivity contribution in [2.24, 2.45) is 5.84 Å². The molecule has 0 bridgehead atoms. The first-order valence-electron chi connectivity index (χ1n) is 19.4. The van der Waals surface area contributed by atoms with Gasteiger partial charge >= 0.3 is 5.69 Å². The molecule has 0 spiro atoms. The van der Waals surface area contributed by atoms with Gasteiger partial charge in [0.05, 0.1) is 31.3 Å². The minimum absolute atomic E-state index is 0.0557. The lowest BCUT2D eigenvalue weighted by Gasteiger charge is -2.37. The summed E-state index contributed by atoms with van der Waals surface area (Å²) < 4.78 is 36.1. The number of halogens is 2. The Labute approximate surface area is 344 Å². The van der Waals surface area contributed by atoms with Crippen molar-refractivity contribution < 1.29 is 18.6 Å². The van der Waals surface area contributed by atoms with E-state index < -0.39 is 23.3 Å². The molecule has 5 rings (SSSR count). The third-order valence-electron chi connectivity index (χ3n) is 8.82. The van der Waals surface area contributed by atoms with E-state index in [0.29, 0.717) is 19.4 Å². The van der Waals surface area contributed by atoms with Gasteiger partial charge < -0.3 is 19.6 Å². The molecule has 2 heterocycles. The van der Waals surface area contributed by atoms with E-state index in [0.717, 1.165) is 67.1 Å². The molecule has 11 nitrogen and oxygen atoms in total. The van der Waals surface area contributed by atoms with Gasteiger partial charge in [0.1, 0.15) is 23.6 Å². The number of aliphatic hydroxyl groups is 1. The minimum Gasteiger partial charge on any atom is -0.385 e. The number of nitrogens with one attached hydrogen (secondary N) is 1. The third-order valence-corrected chi connectivity index (χ3v) is 8.82. The van der Waals surface area contributed by atoms with Crippen LogP contribution in [0.2, 0.25) is 0 Å². The summed E-state index contributed by atoms with van der Waals surface area (Å²) in [6.07, 6.45) is 18.4. The molecular formula is C45H62F2N8O3. The lowest BCUT2D eigenvalue weighted by atomic mass is 9.89. The molecule has 0 radical (unpaired) electrons. The van der Waals surface area contributed by atoms with Crippen LogP contribution in [-0.4, -0.2) is 81.1 Å². The first-order valence-corrected chi connectivity index (χ1v) is 19.4. The molecule has 314 valence electrons. The molecule has 2 aliphatic rings. The summed E-state index contributed by atoms with van der Waals surface area (Å²) in [7, 11) is 0. The second-order valence-corrected chi connectivity index (χ2v) is 12.4. The topological polar surface area (TPSA) is 129 Å². The number of benzene rings is 2. The van der Waals surface area contributed by atoms with Gasteiger partial charge in [0.15, 0.2) is 0 Å². The molecule has 2 unspecified atom stereocenters. The van der Waals surface area contributed by atoms with E-state index in [1.54, 1.807) is 23.9 Å². The van der Waals surface area contributed by atoms with Crippen molar-refractivity contribution in [3.05, 3.63) is 126 Å². The average Bonchev–Trinajstić information content (AvgIpc) is 3.47. The molecule has 58 heavy (non-hydrogen) atoms. The van der Waals surface area contributed by atoms with E-state index in [1.165, 1.54) is 16.8 Å². The minimum atomic E-state index is -1.10. The summed E-state index contributed by atoms with van der Waals surface area (Å²) in [5.41, 5.74) is 2.12. The van der Waals surface area contributed by atoms with Crippen LogP contribution in [-0.2, 0) is 16.9 Å². The zero-order chi connectivity index (χ0) is 43.5. The van der Waals surface area contributed by atoms with Crippen LogP contribution in [0.5, 0.6) is 0 Å². The Balaban J connectivity index is 0.000000511. The molecule has 0 amide bonds. The molecule has 1 aliphatic carbocycles. The molecular weight excluding hydrogens is 739 g/mol. The molecule has 0 saturated carbocycles. The summed E-state index contributed by atoms with van der Waals surface area (Å²) in [6.45, 7) is 22.1. The zero-order valence-corrected chi connectivity index (χ0v) is 35.0. The summed E-state index contributed by atoms with van der Waals surface area (Å²) >= 11 is 0. The Bertz CT molecular complexity index is 1910. The molecule has 1 fully saturated rings. The Hall–Kier alpha value is -5.73. The van der Waals surface area contributed by atoms with Gasteiger partial charge in [-0.05, 0) is 69.2 Å². The molecule has 2 aromatic carbocycles. The molecule has 1 aromatic heterocycles. The van der Waals surface area contributed by atoms with Crippen LogP contribution < -0.4 is 16.4 Å². The highest BCUT2D eigenvalue weighted by molar-refractivity contribution is 5.51. The number of aliphatic hydroxyl groups excluding tert-OH is 1. The summed E-state index contributed by atoms with van der Waals surface area (Å²) in [6, 6.07) is 11.4. The van der Waals surface area contributed by atoms with Gasteiger partial charge in [-0.2, -0.15) is 5.10 Å². The number of nitrogens with two attached hydrogens (primary N) is 1. The van der Waals surface area contributed by atoms with Gasteiger partial charge in [0.2, 0.25) is 0 Å². The van der Waals surface area contributed by atoms with Crippen LogP contribution in [0.3, 0.4) is 0 Å². The van der Waals surface area contributed by atoms with Crippen molar-refractivity contribution in [1.82, 2.24) is 24.3 Å². The highest BCUT2D eigenvalue weighted by Crippen LogP contribution is 2.33. The highest BCUT2D eigenvalue weighted by Gasteiger charge is 2.35. The number of piperazine rings is 1. The number of rotatable bonds is 13. The molecule has 13 heteroatoms. The summed E-state index contributed by atoms with van der Waals surface area (Å²) in [5.74, 6) is 12.1. The second-order valence-electron chi connectivity index (χ2n) is 12.4. The fourth-order valence-electron chi connectivity index (χ4n) is 5.84. The molecule has 1 aliphatic heterocycles. The zero-order valence-electron chi connectivity index (χ0n) is 35.0. The summed E-state index contributed by atoms with van der Waals surface area (Å²) in [4.78, 5) is 17.1. The van der Waals surface area contributed by atoms with Crippen LogP contribution in [0.25, 0.3) is 5.69 Å². The largest absolute Gasteiger partial charge is 0.385 e. The van der Waals surface area contributed by atoms with E-state index in [1.807, 2.05) is 71.1 Å². The highest BCUT2D eigenvalue weighted by atomic mass is 19.1. The second kappa shape index (κ2) is 27.8. The van der Waals surface area contributed by atoms with Gasteiger partial charge in [-0.3, -0.25) is 10.4 Å². The Morgan fingerprint density at radius 3 is 2.22 bits per heavy atom. The maximum atomic E-state index is 14.1. The normalized spacial score (nSPS) is 14.9. The predicted molar refractivity (Wildman–Crippen MR) is 233 cm³/mol. The van der Waals surface area contributed by atoms with Crippen LogP contribution in [0.1, 0.15) is 66.4 Å². The van der Waals surface area contributed by atoms with Crippen LogP contribution in [0.15, 0.2) is 103 Å². The molecule has 4 N–H and O–H groups in total. The number of ether oxygens (including phenoxy) is 1. The monoisotopic (exact) mass is 800 g/mol. The number of terminal acetylenes is 1. The van der Waals surface area contributed by atoms with Gasteiger partial charge in [-0.25, -0.2) is 28.7 Å². The van der Waals surface area contributed by atoms with E-state index in [4.69, 9.17) is 22.4 Å². The number of aromatic nitrogens is 3. The van der Waals surface area contributed by atoms with Crippen molar-refractivity contribution in [3.8, 4) is 29.9 Å². The number of hydrazine groups is 1. The number of anilines is 1. The predicted octanol–water partition coefficient (Wildman–Crippen LogP) is 7.19. The first-order chi connectivity index (χ1) is 28.1. The average molecular weight is 801 g/mol. The number of aryl methyl sites for hydroxylation is 1. The molecule has 3 aromatic rings. The van der Waals surface area contributed by atoms with Crippen molar-refractivity contribution in [2.75, 3.05) is 44.2 Å². The number of hydrogen-bond acceptors (Lipinski definition) is 8. The maximum absolute atomic E-state index is 14.1.